The van der Waals surface area contributed by atoms with Gasteiger partial charge in [0.05, 0.1) is 12.6 Å². The van der Waals surface area contributed by atoms with Gasteiger partial charge in [0, 0.05) is 24.3 Å². The molecule has 1 amide bonds. The van der Waals surface area contributed by atoms with Crippen molar-refractivity contribution in [3.05, 3.63) is 65.7 Å². The summed E-state index contributed by atoms with van der Waals surface area (Å²) >= 11 is 0. The van der Waals surface area contributed by atoms with Gasteiger partial charge in [-0.3, -0.25) is 9.69 Å². The highest BCUT2D eigenvalue weighted by atomic mass is 19.1. The summed E-state index contributed by atoms with van der Waals surface area (Å²) in [5.74, 6) is 1.58. The predicted octanol–water partition coefficient (Wildman–Crippen LogP) is 5.59. The molecule has 2 heterocycles. The van der Waals surface area contributed by atoms with Crippen LogP contribution in [0.2, 0.25) is 0 Å². The Labute approximate surface area is 207 Å². The third-order valence-electron chi connectivity index (χ3n) is 6.64. The van der Waals surface area contributed by atoms with E-state index in [4.69, 9.17) is 4.98 Å². The van der Waals surface area contributed by atoms with Gasteiger partial charge in [-0.1, -0.05) is 31.5 Å². The highest BCUT2D eigenvalue weighted by Gasteiger charge is 2.31. The minimum absolute atomic E-state index is 0.150. The number of fused-ring (bicyclic) bond motifs is 1. The highest BCUT2D eigenvalue weighted by Crippen LogP contribution is 2.33. The van der Waals surface area contributed by atoms with Gasteiger partial charge in [0.1, 0.15) is 23.2 Å². The maximum Gasteiger partial charge on any atom is 0.240 e. The second kappa shape index (κ2) is 11.0. The summed E-state index contributed by atoms with van der Waals surface area (Å²) in [6.45, 7) is 12.0. The molecule has 0 spiro atoms. The summed E-state index contributed by atoms with van der Waals surface area (Å²) in [4.78, 5) is 22.6. The van der Waals surface area contributed by atoms with Crippen LogP contribution in [-0.4, -0.2) is 50.9 Å². The summed E-state index contributed by atoms with van der Waals surface area (Å²) in [7, 11) is 0. The van der Waals surface area contributed by atoms with Gasteiger partial charge in [-0.2, -0.15) is 0 Å². The number of amides is 1. The number of halogens is 1. The van der Waals surface area contributed by atoms with Crippen molar-refractivity contribution in [2.24, 2.45) is 0 Å². The van der Waals surface area contributed by atoms with Crippen molar-refractivity contribution in [3.8, 4) is 11.3 Å². The maximum atomic E-state index is 13.6. The molecule has 0 radical (unpaired) electrons. The number of nitrogens with zero attached hydrogens (tertiary/aromatic N) is 4. The molecule has 0 fully saturated rings. The smallest absolute Gasteiger partial charge is 0.240 e. The van der Waals surface area contributed by atoms with Crippen LogP contribution in [0.15, 0.2) is 48.5 Å². The lowest BCUT2D eigenvalue weighted by atomic mass is 10.1. The lowest BCUT2D eigenvalue weighted by Crippen LogP contribution is -2.49. The van der Waals surface area contributed by atoms with E-state index in [2.05, 4.69) is 47.7 Å². The van der Waals surface area contributed by atoms with Crippen molar-refractivity contribution in [1.82, 2.24) is 19.4 Å². The summed E-state index contributed by atoms with van der Waals surface area (Å²) in [6, 6.07) is 14.5. The average Bonchev–Trinajstić information content (AvgIpc) is 3.22. The molecule has 3 aromatic rings. The van der Waals surface area contributed by atoms with Gasteiger partial charge in [0.15, 0.2) is 0 Å². The van der Waals surface area contributed by atoms with E-state index in [-0.39, 0.29) is 17.8 Å². The summed E-state index contributed by atoms with van der Waals surface area (Å²) in [5, 5.41) is 3.53. The first-order valence-electron chi connectivity index (χ1n) is 12.6. The molecule has 7 heteroatoms. The van der Waals surface area contributed by atoms with Crippen LogP contribution in [-0.2, 0) is 17.9 Å². The lowest BCUT2D eigenvalue weighted by molar-refractivity contribution is -0.138. The number of nitrogens with one attached hydrogen (secondary N) is 1. The van der Waals surface area contributed by atoms with Gasteiger partial charge in [-0.15, -0.1) is 0 Å². The predicted molar refractivity (Wildman–Crippen MR) is 139 cm³/mol. The van der Waals surface area contributed by atoms with Crippen molar-refractivity contribution < 1.29 is 9.18 Å². The Morgan fingerprint density at radius 3 is 2.34 bits per heavy atom. The molecule has 2 aromatic carbocycles. The number of hydrogen-bond donors (Lipinski definition) is 1. The topological polar surface area (TPSA) is 53.4 Å². The van der Waals surface area contributed by atoms with Crippen LogP contribution >= 0.6 is 0 Å². The van der Waals surface area contributed by atoms with E-state index in [9.17, 15) is 9.18 Å². The molecule has 1 aliphatic rings. The molecule has 0 saturated carbocycles. The summed E-state index contributed by atoms with van der Waals surface area (Å²) in [6.07, 6.45) is 2.05. The van der Waals surface area contributed by atoms with E-state index in [0.717, 1.165) is 54.5 Å². The number of aryl methyl sites for hydroxylation is 1. The van der Waals surface area contributed by atoms with Crippen LogP contribution < -0.4 is 5.32 Å². The number of benzene rings is 2. The van der Waals surface area contributed by atoms with Crippen molar-refractivity contribution in [1.29, 1.82) is 0 Å². The van der Waals surface area contributed by atoms with Crippen LogP contribution in [0.25, 0.3) is 11.3 Å². The monoisotopic (exact) mass is 477 g/mol. The maximum absolute atomic E-state index is 13.6. The van der Waals surface area contributed by atoms with Crippen LogP contribution in [0.1, 0.15) is 45.0 Å². The molecule has 35 heavy (non-hydrogen) atoms. The molecule has 1 N–H and O–H groups in total. The number of hydrogen-bond acceptors (Lipinski definition) is 4. The van der Waals surface area contributed by atoms with Crippen molar-refractivity contribution >= 4 is 17.4 Å². The van der Waals surface area contributed by atoms with E-state index < -0.39 is 0 Å². The third kappa shape index (κ3) is 5.56. The quantitative estimate of drug-likeness (QED) is 0.436. The normalized spacial score (nSPS) is 14.2. The summed E-state index contributed by atoms with van der Waals surface area (Å²) in [5.41, 5.74) is 3.75. The van der Waals surface area contributed by atoms with E-state index in [0.29, 0.717) is 19.6 Å². The molecule has 0 saturated heterocycles. The van der Waals surface area contributed by atoms with Gasteiger partial charge in [-0.05, 0) is 76.2 Å². The highest BCUT2D eigenvalue weighted by molar-refractivity contribution is 5.82. The Morgan fingerprint density at radius 2 is 1.71 bits per heavy atom. The molecule has 1 aromatic heterocycles. The fourth-order valence-corrected chi connectivity index (χ4v) is 4.72. The second-order valence-corrected chi connectivity index (χ2v) is 9.35. The average molecular weight is 478 g/mol. The molecule has 0 aliphatic carbocycles. The van der Waals surface area contributed by atoms with E-state index in [1.165, 1.54) is 17.7 Å². The first kappa shape index (κ1) is 24.9. The number of imidazole rings is 1. The molecule has 1 aliphatic heterocycles. The first-order valence-corrected chi connectivity index (χ1v) is 12.6. The van der Waals surface area contributed by atoms with Crippen LogP contribution in [0.5, 0.6) is 0 Å². The van der Waals surface area contributed by atoms with Crippen LogP contribution in [0.3, 0.4) is 0 Å². The molecule has 6 nitrogen and oxygen atoms in total. The Hall–Kier alpha value is -3.19. The largest absolute Gasteiger partial charge is 0.340 e. The number of aromatic nitrogens is 2. The van der Waals surface area contributed by atoms with Gasteiger partial charge < -0.3 is 14.8 Å². The Kier molecular flexibility index (Phi) is 7.86. The van der Waals surface area contributed by atoms with Gasteiger partial charge in [0.2, 0.25) is 5.91 Å². The standard InChI is InChI=1S/C28H36FN5O/c1-5-15-32(16-6-2)21(4)28(35)33-17-18-34-25(19-33)31-26(22-9-11-23(29)12-10-22)27(34)30-24-13-7-20(3)8-14-24/h7-14,21,30H,5-6,15-19H2,1-4H3. The molecular formula is C28H36FN5O. The zero-order chi connectivity index (χ0) is 24.9. The summed E-state index contributed by atoms with van der Waals surface area (Å²) < 4.78 is 15.8. The zero-order valence-corrected chi connectivity index (χ0v) is 21.2. The Morgan fingerprint density at radius 1 is 1.06 bits per heavy atom. The first-order chi connectivity index (χ1) is 16.9. The van der Waals surface area contributed by atoms with Gasteiger partial charge in [-0.25, -0.2) is 9.37 Å². The van der Waals surface area contributed by atoms with E-state index >= 15 is 0 Å². The molecule has 1 atom stereocenters. The van der Waals surface area contributed by atoms with Crippen LogP contribution in [0, 0.1) is 12.7 Å². The Balaban J connectivity index is 1.64. The number of anilines is 2. The lowest BCUT2D eigenvalue weighted by Gasteiger charge is -2.34. The second-order valence-electron chi connectivity index (χ2n) is 9.35. The number of carbonyl (C=O) groups excluding carboxylic acids is 1. The SMILES string of the molecule is CCCN(CCC)C(C)C(=O)N1CCn2c(nc(-c3ccc(F)cc3)c2Nc2ccc(C)cc2)C1. The molecule has 4 rings (SSSR count). The van der Waals surface area contributed by atoms with E-state index in [1.54, 1.807) is 12.1 Å². The van der Waals surface area contributed by atoms with Gasteiger partial charge in [0.25, 0.3) is 0 Å². The fourth-order valence-electron chi connectivity index (χ4n) is 4.72. The molecule has 0 bridgehead atoms. The minimum Gasteiger partial charge on any atom is -0.340 e. The minimum atomic E-state index is -0.278. The van der Waals surface area contributed by atoms with Crippen molar-refractivity contribution in [2.45, 2.75) is 59.7 Å². The molecule has 186 valence electrons. The fraction of sp³-hybridized carbons (Fsp3) is 0.429. The third-order valence-corrected chi connectivity index (χ3v) is 6.64. The number of carbonyl (C=O) groups is 1. The molecule has 1 unspecified atom stereocenters. The van der Waals surface area contributed by atoms with Crippen LogP contribution in [0.4, 0.5) is 15.9 Å². The van der Waals surface area contributed by atoms with Crippen molar-refractivity contribution in [2.75, 3.05) is 25.0 Å². The van der Waals surface area contributed by atoms with E-state index in [1.807, 2.05) is 24.0 Å². The number of rotatable bonds is 9. The van der Waals surface area contributed by atoms with Gasteiger partial charge >= 0.3 is 0 Å². The molecular weight excluding hydrogens is 441 g/mol. The zero-order valence-electron chi connectivity index (χ0n) is 21.2. The Bertz CT molecular complexity index is 1130. The van der Waals surface area contributed by atoms with Crippen molar-refractivity contribution in [3.63, 3.8) is 0 Å².